The molecule has 7 heteroatoms. The fourth-order valence-electron chi connectivity index (χ4n) is 4.99. The van der Waals surface area contributed by atoms with E-state index in [4.69, 9.17) is 4.74 Å². The van der Waals surface area contributed by atoms with Crippen LogP contribution in [0.2, 0.25) is 0 Å². The van der Waals surface area contributed by atoms with Crippen molar-refractivity contribution in [3.63, 3.8) is 0 Å². The number of sulfonamides is 1. The number of aryl methyl sites for hydroxylation is 2. The number of fused-ring (bicyclic) bond motifs is 1. The van der Waals surface area contributed by atoms with Crippen LogP contribution in [0.1, 0.15) is 62.8 Å². The maximum atomic E-state index is 13.9. The van der Waals surface area contributed by atoms with E-state index in [1.807, 2.05) is 50.2 Å². The summed E-state index contributed by atoms with van der Waals surface area (Å²) in [5, 5.41) is 3.14. The van der Waals surface area contributed by atoms with Crippen LogP contribution in [-0.4, -0.2) is 26.5 Å². The zero-order valence-corrected chi connectivity index (χ0v) is 22.8. The highest BCUT2D eigenvalue weighted by Gasteiger charge is 2.39. The number of benzene rings is 3. The van der Waals surface area contributed by atoms with Crippen molar-refractivity contribution in [1.29, 1.82) is 0 Å². The minimum absolute atomic E-state index is 0.157. The van der Waals surface area contributed by atoms with Crippen molar-refractivity contribution in [2.45, 2.75) is 69.9 Å². The number of carbonyl (C=O) groups excluding carboxylic acids is 1. The SMILES string of the molecule is CCc1ccccc1N(CC(=O)N[C@@H]1CC(CC)(CC)Oc2ccccc21)S(=O)(=O)c1ccc(C)cc1. The molecule has 1 amide bonds. The smallest absolute Gasteiger partial charge is 0.264 e. The fourth-order valence-corrected chi connectivity index (χ4v) is 6.45. The van der Waals surface area contributed by atoms with E-state index in [9.17, 15) is 13.2 Å². The number of para-hydroxylation sites is 2. The van der Waals surface area contributed by atoms with Gasteiger partial charge in [-0.1, -0.05) is 74.9 Å². The maximum Gasteiger partial charge on any atom is 0.264 e. The average Bonchev–Trinajstić information content (AvgIpc) is 2.91. The number of carbonyl (C=O) groups is 1. The number of hydrogen-bond acceptors (Lipinski definition) is 4. The minimum Gasteiger partial charge on any atom is -0.487 e. The predicted octanol–water partition coefficient (Wildman–Crippen LogP) is 5.95. The Labute approximate surface area is 220 Å². The van der Waals surface area contributed by atoms with E-state index in [0.29, 0.717) is 18.5 Å². The molecule has 0 spiro atoms. The lowest BCUT2D eigenvalue weighted by atomic mass is 9.83. The van der Waals surface area contributed by atoms with Gasteiger partial charge in [0.1, 0.15) is 17.9 Å². The fraction of sp³-hybridized carbons (Fsp3) is 0.367. The topological polar surface area (TPSA) is 75.7 Å². The largest absolute Gasteiger partial charge is 0.487 e. The molecule has 0 fully saturated rings. The molecule has 0 unspecified atom stereocenters. The maximum absolute atomic E-state index is 13.9. The molecule has 37 heavy (non-hydrogen) atoms. The summed E-state index contributed by atoms with van der Waals surface area (Å²) in [4.78, 5) is 13.7. The van der Waals surface area contributed by atoms with Crippen molar-refractivity contribution in [2.24, 2.45) is 0 Å². The van der Waals surface area contributed by atoms with Crippen LogP contribution in [0.5, 0.6) is 5.75 Å². The average molecular weight is 521 g/mol. The molecule has 0 radical (unpaired) electrons. The number of nitrogens with zero attached hydrogens (tertiary/aromatic N) is 1. The van der Waals surface area contributed by atoms with Crippen molar-refractivity contribution in [1.82, 2.24) is 5.32 Å². The summed E-state index contributed by atoms with van der Waals surface area (Å²) in [7, 11) is -3.98. The van der Waals surface area contributed by atoms with Crippen LogP contribution in [0.4, 0.5) is 5.69 Å². The van der Waals surface area contributed by atoms with Crippen LogP contribution < -0.4 is 14.4 Å². The highest BCUT2D eigenvalue weighted by molar-refractivity contribution is 7.92. The summed E-state index contributed by atoms with van der Waals surface area (Å²) in [6, 6.07) is 21.5. The summed E-state index contributed by atoms with van der Waals surface area (Å²) >= 11 is 0. The lowest BCUT2D eigenvalue weighted by molar-refractivity contribution is -0.121. The molecular formula is C30H36N2O4S. The normalized spacial score (nSPS) is 16.4. The molecule has 0 aliphatic carbocycles. The number of hydrogen-bond donors (Lipinski definition) is 1. The van der Waals surface area contributed by atoms with E-state index in [1.165, 1.54) is 4.31 Å². The van der Waals surface area contributed by atoms with Gasteiger partial charge in [-0.05, 0) is 56.0 Å². The number of amides is 1. The van der Waals surface area contributed by atoms with Crippen molar-refractivity contribution in [3.8, 4) is 5.75 Å². The highest BCUT2D eigenvalue weighted by atomic mass is 32.2. The van der Waals surface area contributed by atoms with Crippen LogP contribution in [0.3, 0.4) is 0 Å². The molecule has 4 rings (SSSR count). The Bertz CT molecular complexity index is 1350. The molecule has 0 aromatic heterocycles. The third-order valence-electron chi connectivity index (χ3n) is 7.36. The van der Waals surface area contributed by atoms with Gasteiger partial charge in [0.25, 0.3) is 10.0 Å². The number of nitrogens with one attached hydrogen (secondary N) is 1. The summed E-state index contributed by atoms with van der Waals surface area (Å²) in [5.41, 5.74) is 2.87. The molecule has 1 aliphatic rings. The van der Waals surface area contributed by atoms with Crippen molar-refractivity contribution >= 4 is 21.6 Å². The van der Waals surface area contributed by atoms with Gasteiger partial charge < -0.3 is 10.1 Å². The van der Waals surface area contributed by atoms with E-state index >= 15 is 0 Å². The Morgan fingerprint density at radius 1 is 0.973 bits per heavy atom. The minimum atomic E-state index is -3.98. The molecule has 3 aromatic rings. The molecule has 3 aromatic carbocycles. The van der Waals surface area contributed by atoms with Crippen molar-refractivity contribution < 1.29 is 17.9 Å². The van der Waals surface area contributed by atoms with Gasteiger partial charge in [-0.3, -0.25) is 9.10 Å². The van der Waals surface area contributed by atoms with Crippen LogP contribution in [-0.2, 0) is 21.2 Å². The first kappa shape index (κ1) is 26.7. The van der Waals surface area contributed by atoms with Crippen LogP contribution in [0.15, 0.2) is 77.7 Å². The lowest BCUT2D eigenvalue weighted by Gasteiger charge is -2.41. The second-order valence-corrected chi connectivity index (χ2v) is 11.5. The first-order valence-corrected chi connectivity index (χ1v) is 14.4. The Kier molecular flexibility index (Phi) is 7.93. The predicted molar refractivity (Wildman–Crippen MR) is 147 cm³/mol. The Morgan fingerprint density at radius 2 is 1.62 bits per heavy atom. The molecule has 1 N–H and O–H groups in total. The Hall–Kier alpha value is -3.32. The highest BCUT2D eigenvalue weighted by Crippen LogP contribution is 2.42. The quantitative estimate of drug-likeness (QED) is 0.378. The number of anilines is 1. The molecule has 1 aliphatic heterocycles. The summed E-state index contributed by atoms with van der Waals surface area (Å²) in [5.74, 6) is 0.410. The Morgan fingerprint density at radius 3 is 2.30 bits per heavy atom. The van der Waals surface area contributed by atoms with Gasteiger partial charge in [0.15, 0.2) is 0 Å². The zero-order chi connectivity index (χ0) is 26.6. The third kappa shape index (κ3) is 5.52. The second kappa shape index (κ2) is 11.0. The van der Waals surface area contributed by atoms with Gasteiger partial charge >= 0.3 is 0 Å². The summed E-state index contributed by atoms with van der Waals surface area (Å²) < 4.78 is 35.3. The van der Waals surface area contributed by atoms with Crippen LogP contribution in [0, 0.1) is 6.92 Å². The molecule has 196 valence electrons. The van der Waals surface area contributed by atoms with Gasteiger partial charge in [-0.2, -0.15) is 0 Å². The molecule has 1 heterocycles. The summed E-state index contributed by atoms with van der Waals surface area (Å²) in [6.45, 7) is 7.75. The number of ether oxygens (including phenoxy) is 1. The molecule has 0 bridgehead atoms. The molecule has 0 saturated heterocycles. The van der Waals surface area contributed by atoms with Gasteiger partial charge in [0.2, 0.25) is 5.91 Å². The lowest BCUT2D eigenvalue weighted by Crippen LogP contribution is -2.47. The van der Waals surface area contributed by atoms with Crippen LogP contribution in [0.25, 0.3) is 0 Å². The molecule has 1 atom stereocenters. The molecule has 0 saturated carbocycles. The van der Waals surface area contributed by atoms with Gasteiger partial charge in [0, 0.05) is 12.0 Å². The van der Waals surface area contributed by atoms with Gasteiger partial charge in [-0.15, -0.1) is 0 Å². The standard InChI is InChI=1S/C30H36N2O4S/c1-5-23-12-8-10-14-27(23)32(37(34,35)24-18-16-22(4)17-19-24)21-29(33)31-26-20-30(6-2,7-3)36-28-15-11-9-13-25(26)28/h8-19,26H,5-7,20-21H2,1-4H3,(H,31,33)/t26-/m1/s1. The third-order valence-corrected chi connectivity index (χ3v) is 9.13. The van der Waals surface area contributed by atoms with E-state index in [0.717, 1.165) is 35.3 Å². The second-order valence-electron chi connectivity index (χ2n) is 9.66. The monoisotopic (exact) mass is 520 g/mol. The van der Waals surface area contributed by atoms with Crippen molar-refractivity contribution in [3.05, 3.63) is 89.5 Å². The first-order valence-electron chi connectivity index (χ1n) is 13.0. The molecular weight excluding hydrogens is 484 g/mol. The first-order chi connectivity index (χ1) is 17.7. The van der Waals surface area contributed by atoms with Gasteiger partial charge in [-0.25, -0.2) is 8.42 Å². The Balaban J connectivity index is 1.68. The zero-order valence-electron chi connectivity index (χ0n) is 22.0. The van der Waals surface area contributed by atoms with Crippen LogP contribution >= 0.6 is 0 Å². The van der Waals surface area contributed by atoms with E-state index in [2.05, 4.69) is 19.2 Å². The van der Waals surface area contributed by atoms with E-state index in [1.54, 1.807) is 36.4 Å². The van der Waals surface area contributed by atoms with Gasteiger partial charge in [0.05, 0.1) is 16.6 Å². The summed E-state index contributed by atoms with van der Waals surface area (Å²) in [6.07, 6.45) is 2.88. The van der Waals surface area contributed by atoms with E-state index < -0.39 is 10.0 Å². The van der Waals surface area contributed by atoms with Crippen molar-refractivity contribution in [2.75, 3.05) is 10.8 Å². The van der Waals surface area contributed by atoms with E-state index in [-0.39, 0.29) is 29.0 Å². The molecule has 6 nitrogen and oxygen atoms in total. The number of rotatable bonds is 9.